The van der Waals surface area contributed by atoms with Crippen molar-refractivity contribution in [2.24, 2.45) is 0 Å². The van der Waals surface area contributed by atoms with Crippen molar-refractivity contribution in [3.05, 3.63) is 71.0 Å². The van der Waals surface area contributed by atoms with Crippen molar-refractivity contribution in [2.75, 3.05) is 27.3 Å². The molecule has 2 aliphatic heterocycles. The molecule has 0 unspecified atom stereocenters. The van der Waals surface area contributed by atoms with Gasteiger partial charge in [-0.15, -0.1) is 0 Å². The second-order valence-electron chi connectivity index (χ2n) is 10.4. The van der Waals surface area contributed by atoms with E-state index in [0.29, 0.717) is 13.0 Å². The van der Waals surface area contributed by atoms with Gasteiger partial charge in [0.05, 0.1) is 18.7 Å². The van der Waals surface area contributed by atoms with Gasteiger partial charge in [0.15, 0.2) is 0 Å². The lowest BCUT2D eigenvalue weighted by atomic mass is 9.87. The third-order valence-electron chi connectivity index (χ3n) is 6.86. The van der Waals surface area contributed by atoms with Crippen LogP contribution in [0, 0.1) is 5.82 Å². The number of rotatable bonds is 4. The van der Waals surface area contributed by atoms with E-state index in [-0.39, 0.29) is 36.9 Å². The summed E-state index contributed by atoms with van der Waals surface area (Å²) in [6.45, 7) is 6.13. The summed E-state index contributed by atoms with van der Waals surface area (Å²) in [5, 5.41) is 0. The molecule has 194 valence electrons. The predicted octanol–water partition coefficient (Wildman–Crippen LogP) is 4.34. The minimum atomic E-state index is -0.750. The molecule has 2 aliphatic rings. The number of fused-ring (bicyclic) bond motifs is 1. The topological polar surface area (TPSA) is 68.3 Å². The second-order valence-corrected chi connectivity index (χ2v) is 10.4. The van der Waals surface area contributed by atoms with Crippen LogP contribution in [0.4, 0.5) is 9.18 Å². The lowest BCUT2D eigenvalue weighted by Crippen LogP contribution is -2.57. The smallest absolute Gasteiger partial charge is 0.410 e. The normalized spacial score (nSPS) is 24.1. The van der Waals surface area contributed by atoms with Gasteiger partial charge in [-0.1, -0.05) is 36.4 Å². The molecule has 4 rings (SSSR count). The molecule has 0 spiro atoms. The van der Waals surface area contributed by atoms with Crippen molar-refractivity contribution < 1.29 is 28.2 Å². The summed E-state index contributed by atoms with van der Waals surface area (Å²) in [5.41, 5.74) is 2.39. The monoisotopic (exact) mass is 498 g/mol. The van der Waals surface area contributed by atoms with Gasteiger partial charge < -0.3 is 24.0 Å². The van der Waals surface area contributed by atoms with E-state index < -0.39 is 23.8 Å². The molecule has 0 N–H and O–H groups in total. The van der Waals surface area contributed by atoms with Gasteiger partial charge in [0, 0.05) is 27.1 Å². The maximum absolute atomic E-state index is 13.9. The molecular weight excluding hydrogens is 463 g/mol. The number of likely N-dealkylation sites (N-methyl/N-ethyl adjacent to an activating group) is 1. The van der Waals surface area contributed by atoms with Gasteiger partial charge >= 0.3 is 6.09 Å². The van der Waals surface area contributed by atoms with Crippen LogP contribution in [0.25, 0.3) is 0 Å². The Hall–Kier alpha value is -2.97. The van der Waals surface area contributed by atoms with Crippen LogP contribution in [0.1, 0.15) is 49.9 Å². The minimum absolute atomic E-state index is 0.157. The fraction of sp³-hybridized carbons (Fsp3) is 0.500. The number of carbonyl (C=O) groups is 2. The molecular formula is C28H35FN2O5. The maximum Gasteiger partial charge on any atom is 0.410 e. The molecule has 1 saturated heterocycles. The molecule has 2 aromatic rings. The summed E-state index contributed by atoms with van der Waals surface area (Å²) in [6, 6.07) is 13.6. The zero-order chi connectivity index (χ0) is 26.0. The van der Waals surface area contributed by atoms with Crippen LogP contribution in [0.15, 0.2) is 48.5 Å². The quantitative estimate of drug-likeness (QED) is 0.628. The van der Waals surface area contributed by atoms with Crippen LogP contribution in [0.3, 0.4) is 0 Å². The number of methoxy groups -OCH3 is 1. The van der Waals surface area contributed by atoms with Gasteiger partial charge in [-0.3, -0.25) is 4.79 Å². The molecule has 2 amide bonds. The van der Waals surface area contributed by atoms with Crippen molar-refractivity contribution in [1.82, 2.24) is 9.80 Å². The number of halogens is 1. The highest BCUT2D eigenvalue weighted by Crippen LogP contribution is 2.37. The summed E-state index contributed by atoms with van der Waals surface area (Å²) in [7, 11) is 3.23. The second kappa shape index (κ2) is 10.6. The first-order valence-electron chi connectivity index (χ1n) is 12.3. The van der Waals surface area contributed by atoms with Crippen LogP contribution < -0.4 is 0 Å². The van der Waals surface area contributed by atoms with Crippen LogP contribution in [-0.4, -0.2) is 73.0 Å². The van der Waals surface area contributed by atoms with E-state index in [1.807, 2.05) is 43.9 Å². The molecule has 0 bridgehead atoms. The Morgan fingerprint density at radius 3 is 2.47 bits per heavy atom. The van der Waals surface area contributed by atoms with E-state index in [1.54, 1.807) is 26.3 Å². The van der Waals surface area contributed by atoms with E-state index in [2.05, 4.69) is 6.07 Å². The van der Waals surface area contributed by atoms with Gasteiger partial charge in [-0.05, 0) is 56.0 Å². The van der Waals surface area contributed by atoms with Gasteiger partial charge in [0.2, 0.25) is 0 Å². The maximum atomic E-state index is 13.9. The Balaban J connectivity index is 1.60. The van der Waals surface area contributed by atoms with Crippen molar-refractivity contribution in [2.45, 2.75) is 63.5 Å². The Labute approximate surface area is 212 Å². The van der Waals surface area contributed by atoms with Crippen LogP contribution in [0.5, 0.6) is 0 Å². The number of benzene rings is 2. The molecule has 0 radical (unpaired) electrons. The lowest BCUT2D eigenvalue weighted by Gasteiger charge is -2.43. The SMILES string of the molecule is CO[C@H]1CO[C@@H](C(=O)N2CCc3ccccc3[C@@H]2c2ccc(F)cc2)C[C@@H]1N(C)C(=O)OC(C)(C)C. The Kier molecular flexibility index (Phi) is 7.66. The van der Waals surface area contributed by atoms with Crippen LogP contribution in [0.2, 0.25) is 0 Å². The fourth-order valence-corrected chi connectivity index (χ4v) is 5.03. The summed E-state index contributed by atoms with van der Waals surface area (Å²) >= 11 is 0. The Morgan fingerprint density at radius 1 is 1.11 bits per heavy atom. The molecule has 36 heavy (non-hydrogen) atoms. The van der Waals surface area contributed by atoms with Crippen molar-refractivity contribution in [3.63, 3.8) is 0 Å². The number of ether oxygens (including phenoxy) is 3. The first kappa shape index (κ1) is 26.1. The van der Waals surface area contributed by atoms with Crippen molar-refractivity contribution in [3.8, 4) is 0 Å². The number of hydrogen-bond acceptors (Lipinski definition) is 5. The molecule has 7 nitrogen and oxygen atoms in total. The van der Waals surface area contributed by atoms with Crippen molar-refractivity contribution in [1.29, 1.82) is 0 Å². The van der Waals surface area contributed by atoms with Gasteiger partial charge in [-0.2, -0.15) is 0 Å². The summed E-state index contributed by atoms with van der Waals surface area (Å²) in [5.74, 6) is -0.481. The number of nitrogens with zero attached hydrogens (tertiary/aromatic N) is 2. The van der Waals surface area contributed by atoms with Crippen LogP contribution >= 0.6 is 0 Å². The number of hydrogen-bond donors (Lipinski definition) is 0. The summed E-state index contributed by atoms with van der Waals surface area (Å²) < 4.78 is 30.8. The average molecular weight is 499 g/mol. The van der Waals surface area contributed by atoms with Gasteiger partial charge in [0.1, 0.15) is 23.6 Å². The molecule has 0 saturated carbocycles. The van der Waals surface area contributed by atoms with Gasteiger partial charge in [-0.25, -0.2) is 9.18 Å². The minimum Gasteiger partial charge on any atom is -0.444 e. The third kappa shape index (κ3) is 5.55. The number of carbonyl (C=O) groups excluding carboxylic acids is 2. The van der Waals surface area contributed by atoms with E-state index in [0.717, 1.165) is 11.1 Å². The highest BCUT2D eigenvalue weighted by molar-refractivity contribution is 5.82. The molecule has 8 heteroatoms. The van der Waals surface area contributed by atoms with E-state index >= 15 is 0 Å². The van der Waals surface area contributed by atoms with E-state index in [4.69, 9.17) is 14.2 Å². The first-order chi connectivity index (χ1) is 17.1. The Bertz CT molecular complexity index is 1080. The summed E-state index contributed by atoms with van der Waals surface area (Å²) in [4.78, 5) is 30.0. The zero-order valence-corrected chi connectivity index (χ0v) is 21.6. The van der Waals surface area contributed by atoms with Crippen molar-refractivity contribution >= 4 is 12.0 Å². The fourth-order valence-electron chi connectivity index (χ4n) is 5.03. The summed E-state index contributed by atoms with van der Waals surface area (Å²) in [6.07, 6.45) is -0.616. The largest absolute Gasteiger partial charge is 0.444 e. The molecule has 2 aromatic carbocycles. The lowest BCUT2D eigenvalue weighted by molar-refractivity contribution is -0.161. The highest BCUT2D eigenvalue weighted by atomic mass is 19.1. The third-order valence-corrected chi connectivity index (χ3v) is 6.86. The molecule has 0 aliphatic carbocycles. The highest BCUT2D eigenvalue weighted by Gasteiger charge is 2.43. The number of amides is 2. The van der Waals surface area contributed by atoms with E-state index in [9.17, 15) is 14.0 Å². The molecule has 2 heterocycles. The predicted molar refractivity (Wildman–Crippen MR) is 133 cm³/mol. The molecule has 0 aromatic heterocycles. The Morgan fingerprint density at radius 2 is 1.81 bits per heavy atom. The zero-order valence-electron chi connectivity index (χ0n) is 21.6. The first-order valence-corrected chi connectivity index (χ1v) is 12.3. The average Bonchev–Trinajstić information content (AvgIpc) is 2.86. The van der Waals surface area contributed by atoms with Gasteiger partial charge in [0.25, 0.3) is 5.91 Å². The van der Waals surface area contributed by atoms with E-state index in [1.165, 1.54) is 22.6 Å². The standard InChI is InChI=1S/C28H35FN2O5/c1-28(2,3)36-27(33)30(4)22-16-23(35-17-24(22)34-5)26(32)31-15-14-18-8-6-7-9-21(18)25(31)19-10-12-20(29)13-11-19/h6-13,22-25H,14-17H2,1-5H3/t22-,23+,24-,25-/m0/s1. The molecule has 1 fully saturated rings. The van der Waals surface area contributed by atoms with Crippen LogP contribution in [-0.2, 0) is 25.4 Å². The molecule has 4 atom stereocenters.